The van der Waals surface area contributed by atoms with E-state index in [4.69, 9.17) is 4.74 Å². The van der Waals surface area contributed by atoms with Crippen molar-refractivity contribution < 1.29 is 9.53 Å². The monoisotopic (exact) mass is 236 g/mol. The van der Waals surface area contributed by atoms with Crippen molar-refractivity contribution in [3.8, 4) is 5.75 Å². The van der Waals surface area contributed by atoms with Crippen LogP contribution >= 0.6 is 0 Å². The highest BCUT2D eigenvalue weighted by atomic mass is 16.5. The smallest absolute Gasteiger partial charge is 0.319 e. The summed E-state index contributed by atoms with van der Waals surface area (Å²) in [6, 6.07) is 7.76. The van der Waals surface area contributed by atoms with Crippen LogP contribution in [-0.2, 0) is 6.54 Å². The molecule has 0 aliphatic carbocycles. The summed E-state index contributed by atoms with van der Waals surface area (Å²) in [5.74, 6) is 0.827. The Bertz CT molecular complexity index is 362. The number of carbonyl (C=O) groups is 1. The van der Waals surface area contributed by atoms with Crippen LogP contribution in [0.5, 0.6) is 5.75 Å². The molecule has 2 amide bonds. The van der Waals surface area contributed by atoms with Gasteiger partial charge in [-0.2, -0.15) is 0 Å². The number of carbonyl (C=O) groups excluding carboxylic acids is 1. The van der Waals surface area contributed by atoms with Crippen molar-refractivity contribution in [2.24, 2.45) is 0 Å². The molecule has 0 radical (unpaired) electrons. The summed E-state index contributed by atoms with van der Waals surface area (Å²) in [5.41, 5.74) is 1.09. The van der Waals surface area contributed by atoms with Crippen LogP contribution in [0.25, 0.3) is 0 Å². The summed E-state index contributed by atoms with van der Waals surface area (Å²) in [6.45, 7) is 3.28. The average molecular weight is 236 g/mol. The number of rotatable bonds is 4. The molecule has 94 valence electrons. The summed E-state index contributed by atoms with van der Waals surface area (Å²) in [6.07, 6.45) is 0. The lowest BCUT2D eigenvalue weighted by molar-refractivity contribution is 0.173. The minimum atomic E-state index is 0.0309. The maximum Gasteiger partial charge on any atom is 0.319 e. The first-order chi connectivity index (χ1) is 8.08. The molecule has 1 rings (SSSR count). The van der Waals surface area contributed by atoms with Crippen molar-refractivity contribution in [2.45, 2.75) is 13.5 Å². The molecule has 0 fully saturated rings. The zero-order valence-corrected chi connectivity index (χ0v) is 10.9. The molecule has 1 aromatic carbocycles. The first-order valence-corrected chi connectivity index (χ1v) is 5.67. The molecule has 0 bridgehead atoms. The van der Waals surface area contributed by atoms with Crippen molar-refractivity contribution in [1.29, 1.82) is 0 Å². The normalized spacial score (nSPS) is 9.88. The molecule has 0 aliphatic rings. The first kappa shape index (κ1) is 13.4. The van der Waals surface area contributed by atoms with Gasteiger partial charge in [-0.25, -0.2) is 4.79 Å². The Hall–Kier alpha value is -1.71. The second-order valence-corrected chi connectivity index (χ2v) is 4.00. The molecule has 4 heteroatoms. The second kappa shape index (κ2) is 6.13. The molecule has 0 atom stereocenters. The van der Waals surface area contributed by atoms with Gasteiger partial charge in [-0.15, -0.1) is 0 Å². The number of nitrogens with zero attached hydrogens (tertiary/aromatic N) is 2. The molecule has 0 saturated heterocycles. The number of benzene rings is 1. The number of hydrogen-bond acceptors (Lipinski definition) is 2. The molecular formula is C13H20N2O2. The third-order valence-corrected chi connectivity index (χ3v) is 2.71. The van der Waals surface area contributed by atoms with Gasteiger partial charge in [0, 0.05) is 27.2 Å². The van der Waals surface area contributed by atoms with E-state index in [0.29, 0.717) is 13.1 Å². The molecule has 17 heavy (non-hydrogen) atoms. The fraction of sp³-hybridized carbons (Fsp3) is 0.462. The number of hydrogen-bond donors (Lipinski definition) is 0. The lowest BCUT2D eigenvalue weighted by Crippen LogP contribution is -2.38. The first-order valence-electron chi connectivity index (χ1n) is 5.67. The summed E-state index contributed by atoms with van der Waals surface area (Å²) >= 11 is 0. The third kappa shape index (κ3) is 3.66. The maximum atomic E-state index is 11.8. The predicted octanol–water partition coefficient (Wildman–Crippen LogP) is 2.20. The van der Waals surface area contributed by atoms with Crippen LogP contribution in [-0.4, -0.2) is 43.6 Å². The highest BCUT2D eigenvalue weighted by molar-refractivity contribution is 5.73. The molecule has 0 spiro atoms. The lowest BCUT2D eigenvalue weighted by atomic mass is 10.2. The van der Waals surface area contributed by atoms with E-state index in [9.17, 15) is 4.79 Å². The average Bonchev–Trinajstić information content (AvgIpc) is 2.37. The van der Waals surface area contributed by atoms with Gasteiger partial charge in [-0.3, -0.25) is 0 Å². The fourth-order valence-corrected chi connectivity index (χ4v) is 1.50. The molecule has 0 aliphatic heterocycles. The topological polar surface area (TPSA) is 32.8 Å². The Morgan fingerprint density at radius 2 is 1.76 bits per heavy atom. The Morgan fingerprint density at radius 3 is 2.24 bits per heavy atom. The number of ether oxygens (including phenoxy) is 1. The number of methoxy groups -OCH3 is 1. The van der Waals surface area contributed by atoms with E-state index in [1.807, 2.05) is 31.2 Å². The van der Waals surface area contributed by atoms with E-state index in [1.165, 1.54) is 0 Å². The van der Waals surface area contributed by atoms with E-state index in [-0.39, 0.29) is 6.03 Å². The standard InChI is InChI=1S/C13H20N2O2/c1-5-14(2)13(16)15(3)10-11-6-8-12(17-4)9-7-11/h6-9H,5,10H2,1-4H3. The van der Waals surface area contributed by atoms with Gasteiger partial charge in [-0.1, -0.05) is 12.1 Å². The zero-order chi connectivity index (χ0) is 12.8. The van der Waals surface area contributed by atoms with E-state index in [1.54, 1.807) is 31.0 Å². The van der Waals surface area contributed by atoms with Gasteiger partial charge >= 0.3 is 6.03 Å². The van der Waals surface area contributed by atoms with Crippen molar-refractivity contribution in [3.05, 3.63) is 29.8 Å². The Labute approximate surface area is 103 Å². The molecule has 0 saturated carbocycles. The van der Waals surface area contributed by atoms with Gasteiger partial charge in [-0.05, 0) is 24.6 Å². The zero-order valence-electron chi connectivity index (χ0n) is 10.9. The van der Waals surface area contributed by atoms with Crippen LogP contribution in [0.3, 0.4) is 0 Å². The fourth-order valence-electron chi connectivity index (χ4n) is 1.50. The molecule has 0 aromatic heterocycles. The summed E-state index contributed by atoms with van der Waals surface area (Å²) in [5, 5.41) is 0. The van der Waals surface area contributed by atoms with Crippen LogP contribution in [0.1, 0.15) is 12.5 Å². The minimum absolute atomic E-state index is 0.0309. The van der Waals surface area contributed by atoms with Gasteiger partial charge in [0.1, 0.15) is 5.75 Å². The Kier molecular flexibility index (Phi) is 4.82. The van der Waals surface area contributed by atoms with Crippen LogP contribution in [0.2, 0.25) is 0 Å². The van der Waals surface area contributed by atoms with Gasteiger partial charge in [0.15, 0.2) is 0 Å². The maximum absolute atomic E-state index is 11.8. The van der Waals surface area contributed by atoms with Crippen molar-refractivity contribution in [1.82, 2.24) is 9.80 Å². The largest absolute Gasteiger partial charge is 0.497 e. The number of urea groups is 1. The minimum Gasteiger partial charge on any atom is -0.497 e. The van der Waals surface area contributed by atoms with E-state index in [0.717, 1.165) is 11.3 Å². The van der Waals surface area contributed by atoms with Gasteiger partial charge in [0.2, 0.25) is 0 Å². The van der Waals surface area contributed by atoms with Gasteiger partial charge < -0.3 is 14.5 Å². The molecule has 0 N–H and O–H groups in total. The van der Waals surface area contributed by atoms with Gasteiger partial charge in [0.05, 0.1) is 7.11 Å². The Balaban J connectivity index is 2.61. The number of amides is 2. The van der Waals surface area contributed by atoms with Crippen molar-refractivity contribution >= 4 is 6.03 Å². The van der Waals surface area contributed by atoms with Gasteiger partial charge in [0.25, 0.3) is 0 Å². The third-order valence-electron chi connectivity index (χ3n) is 2.71. The van der Waals surface area contributed by atoms with Crippen LogP contribution in [0.4, 0.5) is 4.79 Å². The quantitative estimate of drug-likeness (QED) is 0.803. The molecule has 0 unspecified atom stereocenters. The van der Waals surface area contributed by atoms with E-state index >= 15 is 0 Å². The highest BCUT2D eigenvalue weighted by Gasteiger charge is 2.12. The van der Waals surface area contributed by atoms with Crippen LogP contribution in [0.15, 0.2) is 24.3 Å². The van der Waals surface area contributed by atoms with Crippen molar-refractivity contribution in [2.75, 3.05) is 27.7 Å². The Morgan fingerprint density at radius 1 is 1.18 bits per heavy atom. The summed E-state index contributed by atoms with van der Waals surface area (Å²) in [7, 11) is 5.24. The highest BCUT2D eigenvalue weighted by Crippen LogP contribution is 2.12. The van der Waals surface area contributed by atoms with Crippen LogP contribution < -0.4 is 4.74 Å². The molecule has 1 aromatic rings. The molecule has 0 heterocycles. The van der Waals surface area contributed by atoms with E-state index in [2.05, 4.69) is 0 Å². The van der Waals surface area contributed by atoms with E-state index < -0.39 is 0 Å². The lowest BCUT2D eigenvalue weighted by Gasteiger charge is -2.23. The van der Waals surface area contributed by atoms with Crippen LogP contribution in [0, 0.1) is 0 Å². The second-order valence-electron chi connectivity index (χ2n) is 4.00. The SMILES string of the molecule is CCN(C)C(=O)N(C)Cc1ccc(OC)cc1. The van der Waals surface area contributed by atoms with Crippen molar-refractivity contribution in [3.63, 3.8) is 0 Å². The molecule has 4 nitrogen and oxygen atoms in total. The molecular weight excluding hydrogens is 216 g/mol. The predicted molar refractivity (Wildman–Crippen MR) is 68.2 cm³/mol. The summed E-state index contributed by atoms with van der Waals surface area (Å²) in [4.78, 5) is 15.2. The summed E-state index contributed by atoms with van der Waals surface area (Å²) < 4.78 is 5.09.